The van der Waals surface area contributed by atoms with Crippen LogP contribution >= 0.6 is 22.6 Å². The smallest absolute Gasteiger partial charge is 0.355 e. The topological polar surface area (TPSA) is 83.9 Å². The van der Waals surface area contributed by atoms with Crippen LogP contribution in [-0.4, -0.2) is 30.1 Å². The lowest BCUT2D eigenvalue weighted by molar-refractivity contribution is -0.138. The van der Waals surface area contributed by atoms with Gasteiger partial charge in [0.15, 0.2) is 0 Å². The summed E-state index contributed by atoms with van der Waals surface area (Å²) >= 11 is 2.07. The van der Waals surface area contributed by atoms with Crippen molar-refractivity contribution in [1.29, 1.82) is 0 Å². The Morgan fingerprint density at radius 1 is 1.32 bits per heavy atom. The van der Waals surface area contributed by atoms with Gasteiger partial charge in [-0.3, -0.25) is 9.69 Å². The number of halogens is 1. The van der Waals surface area contributed by atoms with Crippen LogP contribution in [-0.2, 0) is 19.1 Å². The van der Waals surface area contributed by atoms with Gasteiger partial charge < -0.3 is 9.84 Å². The molecular weight excluding hydrogens is 401 g/mol. The number of carboxylic acid groups (broad SMARTS) is 1. The zero-order chi connectivity index (χ0) is 16.7. The lowest BCUT2D eigenvalue weighted by Gasteiger charge is -2.22. The summed E-state index contributed by atoms with van der Waals surface area (Å²) in [4.78, 5) is 37.5. The molecule has 0 atom stereocenters. The van der Waals surface area contributed by atoms with Gasteiger partial charge in [0.05, 0.1) is 23.8 Å². The molecule has 1 heterocycles. The highest BCUT2D eigenvalue weighted by molar-refractivity contribution is 14.1. The monoisotopic (exact) mass is 415 g/mol. The van der Waals surface area contributed by atoms with E-state index < -0.39 is 23.3 Å². The number of carbonyl (C=O) groups is 3. The Bertz CT molecular complexity index is 708. The average Bonchev–Trinajstić information content (AvgIpc) is 2.65. The second-order valence-electron chi connectivity index (χ2n) is 5.27. The van der Waals surface area contributed by atoms with Crippen molar-refractivity contribution in [3.8, 4) is 0 Å². The van der Waals surface area contributed by atoms with Crippen molar-refractivity contribution in [3.05, 3.63) is 39.1 Å². The molecule has 0 radical (unpaired) electrons. The predicted molar refractivity (Wildman–Crippen MR) is 87.1 cm³/mol. The molecule has 0 fully saturated rings. The summed E-state index contributed by atoms with van der Waals surface area (Å²) in [5.41, 5.74) is -1.40. The van der Waals surface area contributed by atoms with E-state index in [-0.39, 0.29) is 11.3 Å². The van der Waals surface area contributed by atoms with Gasteiger partial charge in [-0.15, -0.1) is 0 Å². The molecule has 1 aliphatic rings. The van der Waals surface area contributed by atoms with Crippen LogP contribution in [0.2, 0.25) is 0 Å². The van der Waals surface area contributed by atoms with Gasteiger partial charge >= 0.3 is 11.9 Å². The highest BCUT2D eigenvalue weighted by atomic mass is 127. The number of anilines is 1. The van der Waals surface area contributed by atoms with Gasteiger partial charge in [-0.05, 0) is 54.6 Å². The minimum atomic E-state index is -1.32. The third-order valence-electron chi connectivity index (χ3n) is 3.48. The van der Waals surface area contributed by atoms with Crippen molar-refractivity contribution >= 4 is 46.1 Å². The molecule has 0 spiro atoms. The van der Waals surface area contributed by atoms with Gasteiger partial charge in [0, 0.05) is 3.57 Å². The Hall–Kier alpha value is -1.90. The largest absolute Gasteiger partial charge is 0.478 e. The van der Waals surface area contributed by atoms with Crippen molar-refractivity contribution in [3.63, 3.8) is 0 Å². The summed E-state index contributed by atoms with van der Waals surface area (Å²) < 4.78 is 5.54. The average molecular weight is 415 g/mol. The molecule has 1 aromatic rings. The van der Waals surface area contributed by atoms with Crippen LogP contribution in [0.1, 0.15) is 13.8 Å². The number of esters is 1. The number of amides is 1. The summed E-state index contributed by atoms with van der Waals surface area (Å²) in [5, 5.41) is 9.45. The van der Waals surface area contributed by atoms with Crippen LogP contribution in [0.4, 0.5) is 5.69 Å². The summed E-state index contributed by atoms with van der Waals surface area (Å²) in [6.07, 6.45) is 0. The molecule has 116 valence electrons. The van der Waals surface area contributed by atoms with Crippen LogP contribution in [0.15, 0.2) is 35.5 Å². The van der Waals surface area contributed by atoms with Gasteiger partial charge in [0.25, 0.3) is 0 Å². The van der Waals surface area contributed by atoms with E-state index in [1.165, 1.54) is 13.8 Å². The first-order valence-electron chi connectivity index (χ1n) is 6.38. The highest BCUT2D eigenvalue weighted by Gasteiger charge is 2.52. The molecular formula is C15H14INO5. The number of rotatable bonds is 3. The zero-order valence-corrected chi connectivity index (χ0v) is 14.4. The molecule has 0 unspecified atom stereocenters. The maximum Gasteiger partial charge on any atom is 0.355 e. The summed E-state index contributed by atoms with van der Waals surface area (Å²) in [7, 11) is 1.15. The number of hydrogen-bond donors (Lipinski definition) is 1. The first-order chi connectivity index (χ1) is 10.2. The molecule has 0 bridgehead atoms. The lowest BCUT2D eigenvalue weighted by Crippen LogP contribution is -2.35. The Balaban J connectivity index is 2.74. The number of carbonyl (C=O) groups excluding carboxylic acids is 2. The molecule has 6 nitrogen and oxygen atoms in total. The minimum absolute atomic E-state index is 0.244. The number of hydrogen-bond acceptors (Lipinski definition) is 4. The maximum absolute atomic E-state index is 12.7. The van der Waals surface area contributed by atoms with Crippen molar-refractivity contribution < 1.29 is 24.2 Å². The fraction of sp³-hybridized carbons (Fsp3) is 0.267. The molecule has 2 rings (SSSR count). The third-order valence-corrected chi connectivity index (χ3v) is 4.15. The van der Waals surface area contributed by atoms with Crippen molar-refractivity contribution in [1.82, 2.24) is 0 Å². The van der Waals surface area contributed by atoms with Crippen molar-refractivity contribution in [2.45, 2.75) is 13.8 Å². The van der Waals surface area contributed by atoms with E-state index in [2.05, 4.69) is 27.3 Å². The molecule has 7 heteroatoms. The molecule has 0 aliphatic carbocycles. The Labute approximate surface area is 140 Å². The lowest BCUT2D eigenvalue weighted by atomic mass is 9.85. The number of nitrogens with zero attached hydrogens (tertiary/aromatic N) is 1. The molecule has 1 aliphatic heterocycles. The standard InChI is InChI=1S/C15H14INO5/c1-15(2)10(12(18)19)11(13(20)22-3)17(14(15)21)9-6-4-5-8(16)7-9/h4-7H,1-3H3,(H,18,19). The van der Waals surface area contributed by atoms with Crippen LogP contribution in [0, 0.1) is 8.99 Å². The normalized spacial score (nSPS) is 16.9. The van der Waals surface area contributed by atoms with E-state index in [1.54, 1.807) is 18.2 Å². The van der Waals surface area contributed by atoms with E-state index in [0.717, 1.165) is 15.6 Å². The van der Waals surface area contributed by atoms with E-state index >= 15 is 0 Å². The maximum atomic E-state index is 12.7. The first kappa shape index (κ1) is 16.5. The van der Waals surface area contributed by atoms with Crippen LogP contribution in [0.5, 0.6) is 0 Å². The fourth-order valence-corrected chi connectivity index (χ4v) is 2.94. The van der Waals surface area contributed by atoms with Crippen LogP contribution in [0.25, 0.3) is 0 Å². The van der Waals surface area contributed by atoms with E-state index in [0.29, 0.717) is 5.69 Å². The number of carboxylic acids is 1. The van der Waals surface area contributed by atoms with Crippen molar-refractivity contribution in [2.75, 3.05) is 12.0 Å². The fourth-order valence-electron chi connectivity index (χ4n) is 2.42. The third kappa shape index (κ3) is 2.49. The molecule has 22 heavy (non-hydrogen) atoms. The highest BCUT2D eigenvalue weighted by Crippen LogP contribution is 2.42. The molecule has 1 aromatic carbocycles. The zero-order valence-electron chi connectivity index (χ0n) is 12.2. The number of methoxy groups -OCH3 is 1. The van der Waals surface area contributed by atoms with Crippen LogP contribution in [0.3, 0.4) is 0 Å². The Morgan fingerprint density at radius 3 is 2.45 bits per heavy atom. The van der Waals surface area contributed by atoms with Crippen molar-refractivity contribution in [2.24, 2.45) is 5.41 Å². The first-order valence-corrected chi connectivity index (χ1v) is 7.46. The Kier molecular flexibility index (Phi) is 4.28. The number of ether oxygens (including phenoxy) is 1. The second kappa shape index (κ2) is 5.71. The van der Waals surface area contributed by atoms with Gasteiger partial charge in [0.2, 0.25) is 5.91 Å². The molecule has 1 N–H and O–H groups in total. The number of aliphatic carboxylic acids is 1. The van der Waals surface area contributed by atoms with Crippen LogP contribution < -0.4 is 4.90 Å². The predicted octanol–water partition coefficient (Wildman–Crippen LogP) is 2.18. The van der Waals surface area contributed by atoms with Gasteiger partial charge in [0.1, 0.15) is 5.70 Å². The van der Waals surface area contributed by atoms with Gasteiger partial charge in [-0.1, -0.05) is 6.07 Å². The van der Waals surface area contributed by atoms with Gasteiger partial charge in [-0.2, -0.15) is 0 Å². The van der Waals surface area contributed by atoms with E-state index in [9.17, 15) is 19.5 Å². The molecule has 0 aromatic heterocycles. The summed E-state index contributed by atoms with van der Waals surface area (Å²) in [5.74, 6) is -2.64. The van der Waals surface area contributed by atoms with Gasteiger partial charge in [-0.25, -0.2) is 9.59 Å². The summed E-state index contributed by atoms with van der Waals surface area (Å²) in [6, 6.07) is 6.90. The van der Waals surface area contributed by atoms with E-state index in [1.807, 2.05) is 6.07 Å². The SMILES string of the molecule is COC(=O)C1=C(C(=O)O)C(C)(C)C(=O)N1c1cccc(I)c1. The van der Waals surface area contributed by atoms with E-state index in [4.69, 9.17) is 0 Å². The minimum Gasteiger partial charge on any atom is -0.478 e. The number of benzene rings is 1. The second-order valence-corrected chi connectivity index (χ2v) is 6.51. The molecule has 0 saturated carbocycles. The molecule has 0 saturated heterocycles. The Morgan fingerprint density at radius 2 is 1.95 bits per heavy atom. The quantitative estimate of drug-likeness (QED) is 0.605. The summed E-state index contributed by atoms with van der Waals surface area (Å²) in [6.45, 7) is 2.96. The molecule has 1 amide bonds.